The summed E-state index contributed by atoms with van der Waals surface area (Å²) in [4.78, 5) is 0. The van der Waals surface area contributed by atoms with Crippen molar-refractivity contribution in [3.05, 3.63) is 71.8 Å². The van der Waals surface area contributed by atoms with Crippen LogP contribution < -0.4 is 0 Å². The molecular weight excluding hydrogens is 346 g/mol. The monoisotopic (exact) mass is 354 g/mol. The van der Waals surface area contributed by atoms with Crippen molar-refractivity contribution in [2.24, 2.45) is 0 Å². The van der Waals surface area contributed by atoms with Crippen LogP contribution in [0.1, 0.15) is 11.1 Å². The smallest absolute Gasteiger partial charge is 0 e. The Morgan fingerprint density at radius 2 is 0.938 bits per heavy atom. The molecule has 16 heavy (non-hydrogen) atoms. The van der Waals surface area contributed by atoms with Gasteiger partial charge >= 0.3 is 0 Å². The maximum Gasteiger partial charge on any atom is 0 e. The van der Waals surface area contributed by atoms with Crippen molar-refractivity contribution in [2.45, 2.75) is 0 Å². The number of hydrogen-bond donors (Lipinski definition) is 0. The molecule has 0 bridgehead atoms. The van der Waals surface area contributed by atoms with Crippen molar-refractivity contribution in [3.63, 3.8) is 0 Å². The minimum absolute atomic E-state index is 0. The Balaban J connectivity index is 0.00000112. The van der Waals surface area contributed by atoms with Crippen LogP contribution in [0.2, 0.25) is 0 Å². The van der Waals surface area contributed by atoms with Gasteiger partial charge in [-0.1, -0.05) is 23.0 Å². The standard InChI is InChI=1S/C14H8.2Y/c1-3-7-13(8-4-1)11-12-14-9-5-2-6-10-14;;/h3-10H;;/q-2;;. The van der Waals surface area contributed by atoms with Crippen molar-refractivity contribution in [3.8, 4) is 11.8 Å². The molecule has 0 unspecified atom stereocenters. The van der Waals surface area contributed by atoms with Gasteiger partial charge in [0.15, 0.2) is 0 Å². The van der Waals surface area contributed by atoms with Crippen LogP contribution in [0.15, 0.2) is 48.5 Å². The first-order valence-corrected chi connectivity index (χ1v) is 4.39. The zero-order chi connectivity index (χ0) is 9.64. The van der Waals surface area contributed by atoms with E-state index in [0.29, 0.717) is 0 Å². The topological polar surface area (TPSA) is 0 Å². The molecule has 72 valence electrons. The Hall–Kier alpha value is 0.208. The number of benzene rings is 2. The van der Waals surface area contributed by atoms with E-state index in [2.05, 4.69) is 24.0 Å². The molecule has 0 amide bonds. The van der Waals surface area contributed by atoms with Crippen molar-refractivity contribution in [1.29, 1.82) is 0 Å². The van der Waals surface area contributed by atoms with Gasteiger partial charge in [-0.05, 0) is 0 Å². The Morgan fingerprint density at radius 3 is 1.25 bits per heavy atom. The summed E-state index contributed by atoms with van der Waals surface area (Å²) in [6.45, 7) is 0. The minimum Gasteiger partial charge on any atom is -0.184 e. The first kappa shape index (κ1) is 16.2. The van der Waals surface area contributed by atoms with Gasteiger partial charge in [0.25, 0.3) is 0 Å². The molecule has 0 aliphatic rings. The van der Waals surface area contributed by atoms with E-state index in [9.17, 15) is 0 Å². The van der Waals surface area contributed by atoms with Crippen molar-refractivity contribution in [1.82, 2.24) is 0 Å². The summed E-state index contributed by atoms with van der Waals surface area (Å²) in [7, 11) is 0. The maximum absolute atomic E-state index is 3.08. The summed E-state index contributed by atoms with van der Waals surface area (Å²) >= 11 is 0. The maximum atomic E-state index is 3.08. The van der Waals surface area contributed by atoms with E-state index < -0.39 is 0 Å². The molecule has 0 spiro atoms. The second kappa shape index (κ2) is 9.26. The van der Waals surface area contributed by atoms with Gasteiger partial charge in [0.05, 0.1) is 0 Å². The zero-order valence-corrected chi connectivity index (χ0v) is 14.5. The van der Waals surface area contributed by atoms with Crippen LogP contribution in [0.3, 0.4) is 0 Å². The third kappa shape index (κ3) is 5.51. The molecule has 2 aromatic rings. The third-order valence-corrected chi connectivity index (χ3v) is 1.79. The SMILES string of the molecule is C(#Cc1cc[c-]cc1)c1cc[c-]cc1.[Y].[Y]. The van der Waals surface area contributed by atoms with Crippen LogP contribution in [-0.2, 0) is 65.4 Å². The quantitative estimate of drug-likeness (QED) is 0.504. The summed E-state index contributed by atoms with van der Waals surface area (Å²) in [5, 5.41) is 0. The van der Waals surface area contributed by atoms with Gasteiger partial charge in [0.2, 0.25) is 0 Å². The van der Waals surface area contributed by atoms with Gasteiger partial charge in [-0.2, -0.15) is 60.7 Å². The molecule has 2 radical (unpaired) electrons. The largest absolute Gasteiger partial charge is 0.184 e. The van der Waals surface area contributed by atoms with E-state index in [1.165, 1.54) is 0 Å². The molecule has 0 nitrogen and oxygen atoms in total. The molecule has 0 saturated carbocycles. The van der Waals surface area contributed by atoms with Crippen LogP contribution >= 0.6 is 0 Å². The second-order valence-corrected chi connectivity index (χ2v) is 2.83. The summed E-state index contributed by atoms with van der Waals surface area (Å²) in [5.74, 6) is 6.15. The van der Waals surface area contributed by atoms with Crippen molar-refractivity contribution < 1.29 is 65.4 Å². The van der Waals surface area contributed by atoms with E-state index in [4.69, 9.17) is 0 Å². The van der Waals surface area contributed by atoms with Crippen molar-refractivity contribution >= 4 is 0 Å². The van der Waals surface area contributed by atoms with Gasteiger partial charge < -0.3 is 0 Å². The van der Waals surface area contributed by atoms with E-state index in [-0.39, 0.29) is 65.4 Å². The predicted octanol–water partition coefficient (Wildman–Crippen LogP) is 2.68. The third-order valence-electron chi connectivity index (χ3n) is 1.79. The first-order chi connectivity index (χ1) is 6.95. The molecule has 0 aliphatic heterocycles. The Labute approximate surface area is 147 Å². The van der Waals surface area contributed by atoms with E-state index in [1.54, 1.807) is 0 Å². The Bertz CT molecular complexity index is 409. The Morgan fingerprint density at radius 1 is 0.625 bits per heavy atom. The number of rotatable bonds is 0. The average Bonchev–Trinajstić information content (AvgIpc) is 2.29. The number of hydrogen-bond acceptors (Lipinski definition) is 0. The zero-order valence-electron chi connectivity index (χ0n) is 8.77. The molecular formula is C14H8Y2-2. The van der Waals surface area contributed by atoms with Crippen LogP contribution in [0.5, 0.6) is 0 Å². The summed E-state index contributed by atoms with van der Waals surface area (Å²) < 4.78 is 0. The predicted molar refractivity (Wildman–Crippen MR) is 56.5 cm³/mol. The normalized spacial score (nSPS) is 7.75. The molecule has 2 rings (SSSR count). The summed E-state index contributed by atoms with van der Waals surface area (Å²) in [6, 6.07) is 21.2. The van der Waals surface area contributed by atoms with Gasteiger partial charge in [-0.15, -0.1) is 0 Å². The van der Waals surface area contributed by atoms with Gasteiger partial charge in [-0.3, -0.25) is 0 Å². The molecule has 2 aromatic carbocycles. The van der Waals surface area contributed by atoms with Gasteiger partial charge in [-0.25, -0.2) is 0 Å². The van der Waals surface area contributed by atoms with Crippen LogP contribution in [0, 0.1) is 24.0 Å². The van der Waals surface area contributed by atoms with Crippen LogP contribution in [0.4, 0.5) is 0 Å². The molecule has 0 aromatic heterocycles. The second-order valence-electron chi connectivity index (χ2n) is 2.83. The fourth-order valence-corrected chi connectivity index (χ4v) is 1.08. The molecule has 0 saturated heterocycles. The average molecular weight is 354 g/mol. The first-order valence-electron chi connectivity index (χ1n) is 4.39. The van der Waals surface area contributed by atoms with Gasteiger partial charge in [0, 0.05) is 65.4 Å². The molecule has 0 aliphatic carbocycles. The Kier molecular flexibility index (Phi) is 9.38. The fraction of sp³-hybridized carbons (Fsp3) is 0. The molecule has 0 heterocycles. The summed E-state index contributed by atoms with van der Waals surface area (Å²) in [5.41, 5.74) is 2.02. The van der Waals surface area contributed by atoms with E-state index >= 15 is 0 Å². The van der Waals surface area contributed by atoms with Crippen molar-refractivity contribution in [2.75, 3.05) is 0 Å². The van der Waals surface area contributed by atoms with E-state index in [0.717, 1.165) is 11.1 Å². The molecule has 0 atom stereocenters. The van der Waals surface area contributed by atoms with Crippen LogP contribution in [-0.4, -0.2) is 0 Å². The minimum atomic E-state index is 0. The molecule has 2 heteroatoms. The van der Waals surface area contributed by atoms with Gasteiger partial charge in [0.1, 0.15) is 0 Å². The van der Waals surface area contributed by atoms with E-state index in [1.807, 2.05) is 48.5 Å². The molecule has 0 N–H and O–H groups in total. The van der Waals surface area contributed by atoms with Crippen LogP contribution in [0.25, 0.3) is 0 Å². The fourth-order valence-electron chi connectivity index (χ4n) is 1.08. The molecule has 0 fully saturated rings. The summed E-state index contributed by atoms with van der Waals surface area (Å²) in [6.07, 6.45) is 0.